The highest BCUT2D eigenvalue weighted by Gasteiger charge is 2.20. The molecule has 112 valence electrons. The predicted molar refractivity (Wildman–Crippen MR) is 77.3 cm³/mol. The Bertz CT molecular complexity index is 531. The highest BCUT2D eigenvalue weighted by Crippen LogP contribution is 2.10. The molecule has 21 heavy (non-hydrogen) atoms. The number of carbonyl (C=O) groups excluding carboxylic acids is 3. The smallest absolute Gasteiger partial charge is 0.341 e. The van der Waals surface area contributed by atoms with Gasteiger partial charge in [-0.3, -0.25) is 9.59 Å². The molecular weight excluding hydrogens is 272 g/mol. The molecule has 0 N–H and O–H groups in total. The van der Waals surface area contributed by atoms with E-state index in [0.717, 1.165) is 0 Å². The lowest BCUT2D eigenvalue weighted by Gasteiger charge is -2.07. The molecule has 0 saturated carbocycles. The van der Waals surface area contributed by atoms with Crippen molar-refractivity contribution in [1.82, 2.24) is 0 Å². The first-order chi connectivity index (χ1) is 10.0. The Balaban J connectivity index is 2.94. The fourth-order valence-corrected chi connectivity index (χ4v) is 1.49. The third kappa shape index (κ3) is 6.03. The van der Waals surface area contributed by atoms with Gasteiger partial charge in [0.25, 0.3) is 0 Å². The van der Waals surface area contributed by atoms with Crippen LogP contribution in [0.4, 0.5) is 0 Å². The lowest BCUT2D eigenvalue weighted by Crippen LogP contribution is -2.21. The molecule has 0 aliphatic rings. The Hall–Kier alpha value is -2.43. The van der Waals surface area contributed by atoms with Gasteiger partial charge in [0.15, 0.2) is 6.61 Å². The molecule has 0 radical (unpaired) electrons. The van der Waals surface area contributed by atoms with Crippen molar-refractivity contribution in [2.24, 2.45) is 0 Å². The highest BCUT2D eigenvalue weighted by molar-refractivity contribution is 6.21. The molecule has 0 heterocycles. The van der Waals surface area contributed by atoms with E-state index in [0.29, 0.717) is 12.0 Å². The zero-order valence-electron chi connectivity index (χ0n) is 12.1. The normalized spacial score (nSPS) is 10.9. The van der Waals surface area contributed by atoms with Crippen LogP contribution in [-0.2, 0) is 23.9 Å². The molecule has 5 heteroatoms. The maximum absolute atomic E-state index is 12.0. The number of ether oxygens (including phenoxy) is 2. The molecule has 0 atom stereocenters. The van der Waals surface area contributed by atoms with E-state index < -0.39 is 24.3 Å². The van der Waals surface area contributed by atoms with E-state index in [4.69, 9.17) is 4.74 Å². The van der Waals surface area contributed by atoms with Gasteiger partial charge in [-0.1, -0.05) is 37.3 Å². The van der Waals surface area contributed by atoms with Crippen LogP contribution in [0.5, 0.6) is 0 Å². The number of hydrogen-bond donors (Lipinski definition) is 0. The summed E-state index contributed by atoms with van der Waals surface area (Å²) in [5.74, 6) is -1.88. The van der Waals surface area contributed by atoms with E-state index in [9.17, 15) is 14.4 Å². The molecule has 0 fully saturated rings. The van der Waals surface area contributed by atoms with Crippen molar-refractivity contribution >= 4 is 23.8 Å². The summed E-state index contributed by atoms with van der Waals surface area (Å²) in [4.78, 5) is 34.7. The van der Waals surface area contributed by atoms with Crippen LogP contribution in [0, 0.1) is 0 Å². The van der Waals surface area contributed by atoms with Gasteiger partial charge in [-0.05, 0) is 18.1 Å². The van der Waals surface area contributed by atoms with Crippen LogP contribution in [0.25, 0.3) is 6.08 Å². The quantitative estimate of drug-likeness (QED) is 0.333. The first-order valence-electron chi connectivity index (χ1n) is 6.65. The van der Waals surface area contributed by atoms with Gasteiger partial charge in [0.2, 0.25) is 5.78 Å². The Morgan fingerprint density at radius 1 is 1.10 bits per heavy atom. The molecule has 0 aromatic heterocycles. The SMILES string of the molecule is CCCOC(=O)/C(=C\c1ccccc1)C(=O)COC(C)=O. The number of Topliss-reactive ketones (excluding diaryl/α,β-unsaturated/α-hetero) is 1. The zero-order valence-corrected chi connectivity index (χ0v) is 12.1. The standard InChI is InChI=1S/C16H18O5/c1-3-9-20-16(19)14(15(18)11-21-12(2)17)10-13-7-5-4-6-8-13/h4-8,10H,3,9,11H2,1-2H3/b14-10-. The van der Waals surface area contributed by atoms with Gasteiger partial charge in [-0.2, -0.15) is 0 Å². The minimum atomic E-state index is -0.710. The molecule has 1 aromatic carbocycles. The van der Waals surface area contributed by atoms with E-state index >= 15 is 0 Å². The zero-order chi connectivity index (χ0) is 15.7. The molecule has 0 saturated heterocycles. The van der Waals surface area contributed by atoms with Gasteiger partial charge in [-0.15, -0.1) is 0 Å². The number of ketones is 1. The number of esters is 2. The second-order valence-corrected chi connectivity index (χ2v) is 4.31. The summed E-state index contributed by atoms with van der Waals surface area (Å²) in [6, 6.07) is 8.92. The molecule has 1 rings (SSSR count). The van der Waals surface area contributed by atoms with Crippen LogP contribution in [0.2, 0.25) is 0 Å². The molecule has 0 spiro atoms. The molecule has 0 amide bonds. The average Bonchev–Trinajstić information content (AvgIpc) is 2.48. The summed E-state index contributed by atoms with van der Waals surface area (Å²) in [5.41, 5.74) is 0.563. The van der Waals surface area contributed by atoms with Crippen molar-refractivity contribution < 1.29 is 23.9 Å². The van der Waals surface area contributed by atoms with Gasteiger partial charge >= 0.3 is 11.9 Å². The molecule has 0 bridgehead atoms. The third-order valence-corrected chi connectivity index (χ3v) is 2.47. The summed E-state index contributed by atoms with van der Waals surface area (Å²) >= 11 is 0. The van der Waals surface area contributed by atoms with E-state index in [1.165, 1.54) is 13.0 Å². The lowest BCUT2D eigenvalue weighted by molar-refractivity contribution is -0.147. The van der Waals surface area contributed by atoms with E-state index in [-0.39, 0.29) is 12.2 Å². The van der Waals surface area contributed by atoms with Crippen LogP contribution in [0.15, 0.2) is 35.9 Å². The monoisotopic (exact) mass is 290 g/mol. The number of hydrogen-bond acceptors (Lipinski definition) is 5. The summed E-state index contributed by atoms with van der Waals surface area (Å²) in [6.07, 6.45) is 2.09. The van der Waals surface area contributed by atoms with Crippen molar-refractivity contribution in [2.75, 3.05) is 13.2 Å². The van der Waals surface area contributed by atoms with Gasteiger partial charge < -0.3 is 9.47 Å². The Morgan fingerprint density at radius 3 is 2.33 bits per heavy atom. The molecule has 0 aliphatic heterocycles. The number of rotatable bonds is 7. The second kappa shape index (κ2) is 8.68. The van der Waals surface area contributed by atoms with Crippen LogP contribution < -0.4 is 0 Å². The first-order valence-corrected chi connectivity index (χ1v) is 6.65. The van der Waals surface area contributed by atoms with Gasteiger partial charge in [-0.25, -0.2) is 4.79 Å². The maximum Gasteiger partial charge on any atom is 0.341 e. The minimum Gasteiger partial charge on any atom is -0.462 e. The molecule has 1 aromatic rings. The number of benzene rings is 1. The summed E-state index contributed by atoms with van der Waals surface area (Å²) in [7, 11) is 0. The van der Waals surface area contributed by atoms with Gasteiger partial charge in [0.05, 0.1) is 6.61 Å². The summed E-state index contributed by atoms with van der Waals surface area (Å²) < 4.78 is 9.62. The summed E-state index contributed by atoms with van der Waals surface area (Å²) in [5, 5.41) is 0. The molecule has 0 aliphatic carbocycles. The predicted octanol–water partition coefficient (Wildman–Crippen LogP) is 2.16. The Kier molecular flexibility index (Phi) is 6.87. The van der Waals surface area contributed by atoms with Gasteiger partial charge in [0, 0.05) is 6.92 Å². The van der Waals surface area contributed by atoms with Crippen LogP contribution >= 0.6 is 0 Å². The van der Waals surface area contributed by atoms with Crippen LogP contribution in [-0.4, -0.2) is 30.9 Å². The highest BCUT2D eigenvalue weighted by atomic mass is 16.5. The Morgan fingerprint density at radius 2 is 1.76 bits per heavy atom. The number of carbonyl (C=O) groups is 3. The minimum absolute atomic E-state index is 0.129. The average molecular weight is 290 g/mol. The van der Waals surface area contributed by atoms with Crippen molar-refractivity contribution in [1.29, 1.82) is 0 Å². The van der Waals surface area contributed by atoms with Crippen molar-refractivity contribution in [2.45, 2.75) is 20.3 Å². The van der Waals surface area contributed by atoms with Crippen molar-refractivity contribution in [3.63, 3.8) is 0 Å². The first kappa shape index (κ1) is 16.6. The fourth-order valence-electron chi connectivity index (χ4n) is 1.49. The summed E-state index contributed by atoms with van der Waals surface area (Å²) in [6.45, 7) is 2.80. The maximum atomic E-state index is 12.0. The fraction of sp³-hybridized carbons (Fsp3) is 0.312. The largest absolute Gasteiger partial charge is 0.462 e. The van der Waals surface area contributed by atoms with Crippen LogP contribution in [0.3, 0.4) is 0 Å². The lowest BCUT2D eigenvalue weighted by atomic mass is 10.1. The molecular formula is C16H18O5. The Labute approximate surface area is 123 Å². The second-order valence-electron chi connectivity index (χ2n) is 4.31. The molecule has 0 unspecified atom stereocenters. The molecule has 5 nitrogen and oxygen atoms in total. The third-order valence-electron chi connectivity index (χ3n) is 2.47. The van der Waals surface area contributed by atoms with E-state index in [2.05, 4.69) is 4.74 Å². The van der Waals surface area contributed by atoms with E-state index in [1.54, 1.807) is 24.3 Å². The van der Waals surface area contributed by atoms with Crippen LogP contribution in [0.1, 0.15) is 25.8 Å². The van der Waals surface area contributed by atoms with E-state index in [1.807, 2.05) is 13.0 Å². The van der Waals surface area contributed by atoms with Crippen molar-refractivity contribution in [3.8, 4) is 0 Å². The van der Waals surface area contributed by atoms with Crippen molar-refractivity contribution in [3.05, 3.63) is 41.5 Å². The van der Waals surface area contributed by atoms with Gasteiger partial charge in [0.1, 0.15) is 5.57 Å². The topological polar surface area (TPSA) is 69.7 Å².